The first kappa shape index (κ1) is 13.5. The van der Waals surface area contributed by atoms with Crippen LogP contribution >= 0.6 is 0 Å². The van der Waals surface area contributed by atoms with Gasteiger partial charge in [0, 0.05) is 31.6 Å². The Kier molecular flexibility index (Phi) is 5.16. The van der Waals surface area contributed by atoms with E-state index in [0.29, 0.717) is 13.2 Å². The lowest BCUT2D eigenvalue weighted by Crippen LogP contribution is -2.38. The van der Waals surface area contributed by atoms with Crippen LogP contribution in [-0.4, -0.2) is 46.8 Å². The summed E-state index contributed by atoms with van der Waals surface area (Å²) < 4.78 is 7.33. The van der Waals surface area contributed by atoms with Crippen LogP contribution in [0.5, 0.6) is 0 Å². The minimum Gasteiger partial charge on any atom is -0.389 e. The highest BCUT2D eigenvalue weighted by Crippen LogP contribution is 2.28. The zero-order chi connectivity index (χ0) is 12.8. The first-order chi connectivity index (χ1) is 8.74. The third-order valence-electron chi connectivity index (χ3n) is 3.08. The number of nitrogens with one attached hydrogen (secondary N) is 1. The summed E-state index contributed by atoms with van der Waals surface area (Å²) in [6.45, 7) is 4.69. The summed E-state index contributed by atoms with van der Waals surface area (Å²) in [5.41, 5.74) is 0. The molecule has 1 saturated carbocycles. The molecular weight excluding hydrogens is 230 g/mol. The van der Waals surface area contributed by atoms with Crippen LogP contribution in [0, 0.1) is 5.92 Å². The zero-order valence-electron chi connectivity index (χ0n) is 11.0. The van der Waals surface area contributed by atoms with Crippen LogP contribution in [0.25, 0.3) is 0 Å². The molecule has 0 aromatic carbocycles. The van der Waals surface area contributed by atoms with Crippen molar-refractivity contribution in [1.82, 2.24) is 15.1 Å². The average molecular weight is 253 g/mol. The Morgan fingerprint density at radius 2 is 2.39 bits per heavy atom. The molecule has 0 saturated heterocycles. The Morgan fingerprint density at radius 1 is 1.56 bits per heavy atom. The first-order valence-corrected chi connectivity index (χ1v) is 6.70. The van der Waals surface area contributed by atoms with Gasteiger partial charge in [0.25, 0.3) is 0 Å². The maximum Gasteiger partial charge on any atom is 0.0897 e. The third kappa shape index (κ3) is 5.16. The second-order valence-corrected chi connectivity index (χ2v) is 5.17. The number of hydrogen-bond acceptors (Lipinski definition) is 4. The molecule has 0 radical (unpaired) electrons. The lowest BCUT2D eigenvalue weighted by molar-refractivity contribution is 0.0312. The van der Waals surface area contributed by atoms with Crippen LogP contribution in [0.1, 0.15) is 19.8 Å². The quantitative estimate of drug-likeness (QED) is 0.678. The highest BCUT2D eigenvalue weighted by Gasteiger charge is 2.21. The highest BCUT2D eigenvalue weighted by atomic mass is 16.5. The molecule has 1 aromatic heterocycles. The van der Waals surface area contributed by atoms with Gasteiger partial charge in [-0.25, -0.2) is 0 Å². The Balaban J connectivity index is 1.52. The molecule has 2 N–H and O–H groups in total. The van der Waals surface area contributed by atoms with E-state index < -0.39 is 6.10 Å². The molecule has 1 aliphatic carbocycles. The van der Waals surface area contributed by atoms with E-state index >= 15 is 0 Å². The van der Waals surface area contributed by atoms with Gasteiger partial charge >= 0.3 is 0 Å². The Hall–Kier alpha value is -0.910. The highest BCUT2D eigenvalue weighted by molar-refractivity contribution is 4.79. The second kappa shape index (κ2) is 6.87. The van der Waals surface area contributed by atoms with Crippen LogP contribution in [0.15, 0.2) is 18.5 Å². The molecule has 2 atom stereocenters. The van der Waals surface area contributed by atoms with Crippen LogP contribution in [-0.2, 0) is 11.3 Å². The van der Waals surface area contributed by atoms with E-state index in [9.17, 15) is 5.11 Å². The van der Waals surface area contributed by atoms with Gasteiger partial charge in [-0.3, -0.25) is 4.68 Å². The van der Waals surface area contributed by atoms with Crippen LogP contribution in [0.2, 0.25) is 0 Å². The van der Waals surface area contributed by atoms with Gasteiger partial charge in [-0.2, -0.15) is 5.10 Å². The molecule has 18 heavy (non-hydrogen) atoms. The van der Waals surface area contributed by atoms with Crippen molar-refractivity contribution in [2.45, 2.75) is 38.5 Å². The normalized spacial score (nSPS) is 18.8. The van der Waals surface area contributed by atoms with E-state index in [2.05, 4.69) is 17.3 Å². The lowest BCUT2D eigenvalue weighted by Gasteiger charge is -2.17. The summed E-state index contributed by atoms with van der Waals surface area (Å²) in [7, 11) is 0. The summed E-state index contributed by atoms with van der Waals surface area (Å²) in [4.78, 5) is 0. The molecule has 5 nitrogen and oxygen atoms in total. The molecule has 5 heteroatoms. The van der Waals surface area contributed by atoms with Crippen molar-refractivity contribution in [3.05, 3.63) is 18.5 Å². The number of aliphatic hydroxyl groups excluding tert-OH is 1. The summed E-state index contributed by atoms with van der Waals surface area (Å²) in [5, 5.41) is 17.2. The maximum atomic E-state index is 9.75. The number of hydrogen-bond donors (Lipinski definition) is 2. The van der Waals surface area contributed by atoms with Gasteiger partial charge in [0.15, 0.2) is 0 Å². The van der Waals surface area contributed by atoms with E-state index in [1.807, 2.05) is 16.9 Å². The van der Waals surface area contributed by atoms with Gasteiger partial charge in [0.2, 0.25) is 0 Å². The van der Waals surface area contributed by atoms with Gasteiger partial charge in [0.05, 0.1) is 19.3 Å². The van der Waals surface area contributed by atoms with Crippen molar-refractivity contribution in [1.29, 1.82) is 0 Å². The molecule has 0 amide bonds. The molecule has 0 aliphatic heterocycles. The maximum absolute atomic E-state index is 9.75. The van der Waals surface area contributed by atoms with Gasteiger partial charge in [0.1, 0.15) is 0 Å². The molecule has 2 rings (SSSR count). The van der Waals surface area contributed by atoms with Gasteiger partial charge in [-0.15, -0.1) is 0 Å². The number of aromatic nitrogens is 2. The number of rotatable bonds is 9. The standard InChI is InChI=1S/C13H23N3O2/c1-11(8-16-6-2-5-15-16)14-7-13(17)10-18-9-12-3-4-12/h2,5-6,11-14,17H,3-4,7-10H2,1H3. The molecule has 1 aliphatic rings. The van der Waals surface area contributed by atoms with Gasteiger partial charge in [-0.1, -0.05) is 0 Å². The van der Waals surface area contributed by atoms with Crippen LogP contribution in [0.4, 0.5) is 0 Å². The molecule has 1 heterocycles. The number of aliphatic hydroxyl groups is 1. The molecule has 0 spiro atoms. The van der Waals surface area contributed by atoms with E-state index in [0.717, 1.165) is 19.1 Å². The van der Waals surface area contributed by atoms with Crippen molar-refractivity contribution in [3.8, 4) is 0 Å². The SMILES string of the molecule is CC(Cn1cccn1)NCC(O)COCC1CC1. The molecule has 2 unspecified atom stereocenters. The largest absolute Gasteiger partial charge is 0.389 e. The fourth-order valence-electron chi connectivity index (χ4n) is 1.80. The van der Waals surface area contributed by atoms with E-state index in [1.54, 1.807) is 6.20 Å². The van der Waals surface area contributed by atoms with E-state index in [4.69, 9.17) is 4.74 Å². The monoisotopic (exact) mass is 253 g/mol. The van der Waals surface area contributed by atoms with Crippen molar-refractivity contribution >= 4 is 0 Å². The molecule has 102 valence electrons. The van der Waals surface area contributed by atoms with Gasteiger partial charge < -0.3 is 15.2 Å². The smallest absolute Gasteiger partial charge is 0.0897 e. The van der Waals surface area contributed by atoms with Crippen molar-refractivity contribution < 1.29 is 9.84 Å². The predicted molar refractivity (Wildman–Crippen MR) is 69.2 cm³/mol. The average Bonchev–Trinajstić information content (AvgIpc) is 3.03. The molecule has 1 fully saturated rings. The second-order valence-electron chi connectivity index (χ2n) is 5.17. The number of ether oxygens (including phenoxy) is 1. The van der Waals surface area contributed by atoms with E-state index in [1.165, 1.54) is 12.8 Å². The topological polar surface area (TPSA) is 59.3 Å². The molecule has 1 aromatic rings. The van der Waals surface area contributed by atoms with Crippen LogP contribution in [0.3, 0.4) is 0 Å². The van der Waals surface area contributed by atoms with Gasteiger partial charge in [-0.05, 0) is 31.7 Å². The fourth-order valence-corrected chi connectivity index (χ4v) is 1.80. The summed E-state index contributed by atoms with van der Waals surface area (Å²) in [5.74, 6) is 0.754. The van der Waals surface area contributed by atoms with Crippen molar-refractivity contribution in [3.63, 3.8) is 0 Å². The fraction of sp³-hybridized carbons (Fsp3) is 0.769. The van der Waals surface area contributed by atoms with Crippen LogP contribution < -0.4 is 5.32 Å². The number of nitrogens with zero attached hydrogens (tertiary/aromatic N) is 2. The van der Waals surface area contributed by atoms with Crippen molar-refractivity contribution in [2.75, 3.05) is 19.8 Å². The zero-order valence-corrected chi connectivity index (χ0v) is 11.0. The molecular formula is C13H23N3O2. The summed E-state index contributed by atoms with van der Waals surface area (Å²) in [6, 6.07) is 2.19. The summed E-state index contributed by atoms with van der Waals surface area (Å²) in [6.07, 6.45) is 5.86. The third-order valence-corrected chi connectivity index (χ3v) is 3.08. The predicted octanol–water partition coefficient (Wildman–Crippen LogP) is 0.649. The van der Waals surface area contributed by atoms with Crippen molar-refractivity contribution in [2.24, 2.45) is 5.92 Å². The summed E-state index contributed by atoms with van der Waals surface area (Å²) >= 11 is 0. The van der Waals surface area contributed by atoms with E-state index in [-0.39, 0.29) is 6.04 Å². The lowest BCUT2D eigenvalue weighted by atomic mass is 10.3. The Morgan fingerprint density at radius 3 is 3.06 bits per heavy atom. The minimum atomic E-state index is -0.427. The minimum absolute atomic E-state index is 0.281. The molecule has 0 bridgehead atoms. The first-order valence-electron chi connectivity index (χ1n) is 6.70. The Labute approximate surface area is 108 Å². The Bertz CT molecular complexity index is 325.